The number of carbonyl (C=O) groups excluding carboxylic acids is 2. The van der Waals surface area contributed by atoms with Gasteiger partial charge in [-0.3, -0.25) is 9.59 Å². The monoisotopic (exact) mass is 294 g/mol. The summed E-state index contributed by atoms with van der Waals surface area (Å²) in [6.07, 6.45) is 6.96. The lowest BCUT2D eigenvalue weighted by Crippen LogP contribution is -2.36. The van der Waals surface area contributed by atoms with Crippen molar-refractivity contribution in [2.75, 3.05) is 13.2 Å². The molecule has 2 bridgehead atoms. The van der Waals surface area contributed by atoms with Crippen LogP contribution in [0.5, 0.6) is 0 Å². The minimum absolute atomic E-state index is 0.172. The fourth-order valence-corrected chi connectivity index (χ4v) is 5.66. The highest BCUT2D eigenvalue weighted by molar-refractivity contribution is 5.84. The molecule has 0 N–H and O–H groups in total. The molecule has 0 radical (unpaired) electrons. The van der Waals surface area contributed by atoms with E-state index in [1.165, 1.54) is 25.7 Å². The summed E-state index contributed by atoms with van der Waals surface area (Å²) >= 11 is 0. The van der Waals surface area contributed by atoms with Gasteiger partial charge in [-0.05, 0) is 56.8 Å². The van der Waals surface area contributed by atoms with Crippen molar-refractivity contribution in [1.82, 2.24) is 0 Å². The molecule has 0 aromatic heterocycles. The van der Waals surface area contributed by atoms with E-state index >= 15 is 0 Å². The largest absolute Gasteiger partial charge is 0.466 e. The Morgan fingerprint density at radius 1 is 0.905 bits per heavy atom. The summed E-state index contributed by atoms with van der Waals surface area (Å²) in [5, 5.41) is 0. The van der Waals surface area contributed by atoms with E-state index in [-0.39, 0.29) is 29.2 Å². The Bertz CT molecular complexity index is 391. The Morgan fingerprint density at radius 2 is 1.33 bits per heavy atom. The van der Waals surface area contributed by atoms with E-state index < -0.39 is 0 Å². The number of hydrogen-bond acceptors (Lipinski definition) is 4. The summed E-state index contributed by atoms with van der Waals surface area (Å²) in [7, 11) is 0. The van der Waals surface area contributed by atoms with Gasteiger partial charge in [0.05, 0.1) is 25.0 Å². The van der Waals surface area contributed by atoms with Crippen LogP contribution in [0.15, 0.2) is 0 Å². The molecule has 3 aliphatic carbocycles. The fourth-order valence-electron chi connectivity index (χ4n) is 5.66. The summed E-state index contributed by atoms with van der Waals surface area (Å²) in [6.45, 7) is 4.43. The van der Waals surface area contributed by atoms with Gasteiger partial charge in [0.25, 0.3) is 0 Å². The first kappa shape index (κ1) is 14.9. The maximum absolute atomic E-state index is 12.5. The first-order valence-corrected chi connectivity index (χ1v) is 8.49. The second kappa shape index (κ2) is 5.62. The molecule has 4 atom stereocenters. The number of ether oxygens (including phenoxy) is 2. The quantitative estimate of drug-likeness (QED) is 0.748. The maximum atomic E-state index is 12.5. The SMILES string of the molecule is CCOC(=O)C1C(C(=O)OCC)C2CCC1C21CCCC1. The van der Waals surface area contributed by atoms with Crippen molar-refractivity contribution in [3.63, 3.8) is 0 Å². The first-order valence-electron chi connectivity index (χ1n) is 8.49. The van der Waals surface area contributed by atoms with Gasteiger partial charge in [0.1, 0.15) is 0 Å². The third kappa shape index (κ3) is 2.09. The van der Waals surface area contributed by atoms with Crippen molar-refractivity contribution < 1.29 is 19.1 Å². The molecule has 21 heavy (non-hydrogen) atoms. The summed E-state index contributed by atoms with van der Waals surface area (Å²) in [4.78, 5) is 24.9. The zero-order valence-corrected chi connectivity index (χ0v) is 13.1. The highest BCUT2D eigenvalue weighted by Gasteiger charge is 2.68. The van der Waals surface area contributed by atoms with Crippen molar-refractivity contribution in [3.05, 3.63) is 0 Å². The molecule has 3 saturated carbocycles. The molecule has 0 aromatic rings. The molecule has 3 aliphatic rings. The molecular weight excluding hydrogens is 268 g/mol. The van der Waals surface area contributed by atoms with Crippen LogP contribution in [0.4, 0.5) is 0 Å². The first-order chi connectivity index (χ1) is 10.2. The number of hydrogen-bond donors (Lipinski definition) is 0. The predicted octanol–water partition coefficient (Wildman–Crippen LogP) is 2.95. The minimum Gasteiger partial charge on any atom is -0.466 e. The third-order valence-corrected chi connectivity index (χ3v) is 6.17. The number of carbonyl (C=O) groups is 2. The van der Waals surface area contributed by atoms with Gasteiger partial charge in [0, 0.05) is 0 Å². The van der Waals surface area contributed by atoms with Gasteiger partial charge >= 0.3 is 11.9 Å². The van der Waals surface area contributed by atoms with Crippen molar-refractivity contribution in [3.8, 4) is 0 Å². The van der Waals surface area contributed by atoms with E-state index in [0.29, 0.717) is 25.0 Å². The zero-order valence-electron chi connectivity index (χ0n) is 13.1. The molecule has 1 spiro atoms. The Morgan fingerprint density at radius 3 is 1.71 bits per heavy atom. The van der Waals surface area contributed by atoms with Crippen LogP contribution in [0.2, 0.25) is 0 Å². The van der Waals surface area contributed by atoms with Crippen LogP contribution in [0.1, 0.15) is 52.4 Å². The van der Waals surface area contributed by atoms with Crippen LogP contribution >= 0.6 is 0 Å². The van der Waals surface area contributed by atoms with Crippen LogP contribution in [0.3, 0.4) is 0 Å². The van der Waals surface area contributed by atoms with Crippen LogP contribution in [-0.4, -0.2) is 25.2 Å². The molecule has 0 heterocycles. The zero-order chi connectivity index (χ0) is 15.0. The van der Waals surface area contributed by atoms with Crippen molar-refractivity contribution in [2.24, 2.45) is 29.1 Å². The highest BCUT2D eigenvalue weighted by atomic mass is 16.5. The van der Waals surface area contributed by atoms with Gasteiger partial charge in [0.15, 0.2) is 0 Å². The van der Waals surface area contributed by atoms with Gasteiger partial charge in [-0.2, -0.15) is 0 Å². The Balaban J connectivity index is 1.92. The molecule has 0 aromatic carbocycles. The van der Waals surface area contributed by atoms with Crippen LogP contribution < -0.4 is 0 Å². The molecule has 4 heteroatoms. The lowest BCUT2D eigenvalue weighted by atomic mass is 9.74. The van der Waals surface area contributed by atoms with Crippen LogP contribution in [0, 0.1) is 29.1 Å². The molecule has 0 aliphatic heterocycles. The molecule has 4 unspecified atom stereocenters. The summed E-state index contributed by atoms with van der Waals surface area (Å²) < 4.78 is 10.6. The topological polar surface area (TPSA) is 52.6 Å². The van der Waals surface area contributed by atoms with E-state index in [1.807, 2.05) is 13.8 Å². The van der Waals surface area contributed by atoms with Gasteiger partial charge in [-0.1, -0.05) is 12.8 Å². The summed E-state index contributed by atoms with van der Waals surface area (Å²) in [5.74, 6) is -0.207. The van der Waals surface area contributed by atoms with Crippen molar-refractivity contribution in [2.45, 2.75) is 52.4 Å². The van der Waals surface area contributed by atoms with Crippen molar-refractivity contribution in [1.29, 1.82) is 0 Å². The lowest BCUT2D eigenvalue weighted by molar-refractivity contribution is -0.162. The average Bonchev–Trinajstić information content (AvgIpc) is 3.15. The van der Waals surface area contributed by atoms with E-state index in [1.54, 1.807) is 0 Å². The smallest absolute Gasteiger partial charge is 0.310 e. The minimum atomic E-state index is -0.263. The van der Waals surface area contributed by atoms with Gasteiger partial charge in [0.2, 0.25) is 0 Å². The van der Waals surface area contributed by atoms with E-state index in [4.69, 9.17) is 9.47 Å². The molecule has 4 nitrogen and oxygen atoms in total. The fraction of sp³-hybridized carbons (Fsp3) is 0.882. The summed E-state index contributed by atoms with van der Waals surface area (Å²) in [5.41, 5.74) is 0.217. The standard InChI is InChI=1S/C17H26O4/c1-3-20-15(18)13-11-7-8-12(14(13)16(19)21-4-2)17(11)9-5-6-10-17/h11-14H,3-10H2,1-2H3. The van der Waals surface area contributed by atoms with Gasteiger partial charge < -0.3 is 9.47 Å². The van der Waals surface area contributed by atoms with E-state index in [9.17, 15) is 9.59 Å². The normalized spacial score (nSPS) is 36.1. The molecule has 3 fully saturated rings. The molecule has 118 valence electrons. The molecule has 3 rings (SSSR count). The third-order valence-electron chi connectivity index (χ3n) is 6.17. The average molecular weight is 294 g/mol. The second-order valence-electron chi connectivity index (χ2n) is 6.79. The molecule has 0 saturated heterocycles. The second-order valence-corrected chi connectivity index (χ2v) is 6.79. The van der Waals surface area contributed by atoms with E-state index in [0.717, 1.165) is 12.8 Å². The van der Waals surface area contributed by atoms with Crippen molar-refractivity contribution >= 4 is 11.9 Å². The number of esters is 2. The summed E-state index contributed by atoms with van der Waals surface area (Å²) in [6, 6.07) is 0. The Kier molecular flexibility index (Phi) is 3.98. The van der Waals surface area contributed by atoms with Crippen LogP contribution in [-0.2, 0) is 19.1 Å². The van der Waals surface area contributed by atoms with E-state index in [2.05, 4.69) is 0 Å². The molecular formula is C17H26O4. The lowest BCUT2D eigenvalue weighted by Gasteiger charge is -2.30. The maximum Gasteiger partial charge on any atom is 0.310 e. The van der Waals surface area contributed by atoms with Crippen LogP contribution in [0.25, 0.3) is 0 Å². The Hall–Kier alpha value is -1.06. The molecule has 0 amide bonds. The number of rotatable bonds is 4. The van der Waals surface area contributed by atoms with Gasteiger partial charge in [-0.25, -0.2) is 0 Å². The Labute approximate surface area is 126 Å². The highest BCUT2D eigenvalue weighted by Crippen LogP contribution is 2.69. The van der Waals surface area contributed by atoms with Gasteiger partial charge in [-0.15, -0.1) is 0 Å². The predicted molar refractivity (Wildman–Crippen MR) is 77.4 cm³/mol.